The smallest absolute Gasteiger partial charge is 0.223 e. The Morgan fingerprint density at radius 1 is 1.52 bits per heavy atom. The SMILES string of the molecule is CCSC(C)/N=C(\NOC)N(C)c1cnn(-c2cccnc2)c1. The number of nitrogens with zero attached hydrogens (tertiary/aromatic N) is 5. The van der Waals surface area contributed by atoms with E-state index < -0.39 is 0 Å². The van der Waals surface area contributed by atoms with Gasteiger partial charge in [0.25, 0.3) is 0 Å². The maximum atomic E-state index is 5.05. The molecule has 0 aliphatic carbocycles. The average molecular weight is 334 g/mol. The first-order chi connectivity index (χ1) is 11.2. The lowest BCUT2D eigenvalue weighted by atomic mass is 10.4. The number of thioether (sulfide) groups is 1. The maximum absolute atomic E-state index is 5.05. The lowest BCUT2D eigenvalue weighted by Crippen LogP contribution is -2.39. The summed E-state index contributed by atoms with van der Waals surface area (Å²) in [5, 5.41) is 4.50. The second-order valence-corrected chi connectivity index (χ2v) is 6.32. The molecule has 0 radical (unpaired) electrons. The molecule has 0 aromatic carbocycles. The van der Waals surface area contributed by atoms with E-state index in [0.717, 1.165) is 17.1 Å². The van der Waals surface area contributed by atoms with Crippen molar-refractivity contribution < 1.29 is 4.84 Å². The predicted octanol–water partition coefficient (Wildman–Crippen LogP) is 2.31. The molecular formula is C15H22N6OS. The molecular weight excluding hydrogens is 312 g/mol. The Morgan fingerprint density at radius 3 is 3.00 bits per heavy atom. The van der Waals surface area contributed by atoms with Gasteiger partial charge in [-0.05, 0) is 24.8 Å². The van der Waals surface area contributed by atoms with Crippen LogP contribution in [-0.2, 0) is 4.84 Å². The number of hydrogen-bond acceptors (Lipinski definition) is 5. The first-order valence-corrected chi connectivity index (χ1v) is 8.37. The van der Waals surface area contributed by atoms with Crippen LogP contribution in [0.4, 0.5) is 5.69 Å². The van der Waals surface area contributed by atoms with Gasteiger partial charge in [-0.1, -0.05) is 6.92 Å². The van der Waals surface area contributed by atoms with Gasteiger partial charge in [0.05, 0.1) is 42.4 Å². The molecule has 124 valence electrons. The standard InChI is InChI=1S/C15H22N6OS/c1-5-23-12(2)18-15(19-22-4)20(3)14-10-17-21(11-14)13-7-6-8-16-9-13/h6-12H,5H2,1-4H3,(H,18,19). The van der Waals surface area contributed by atoms with Gasteiger partial charge in [-0.3, -0.25) is 9.82 Å². The molecule has 1 atom stereocenters. The van der Waals surface area contributed by atoms with Gasteiger partial charge in [0.2, 0.25) is 5.96 Å². The number of aromatic nitrogens is 3. The minimum absolute atomic E-state index is 0.133. The van der Waals surface area contributed by atoms with Gasteiger partial charge in [-0.2, -0.15) is 5.10 Å². The Hall–Kier alpha value is -2.06. The third kappa shape index (κ3) is 4.70. The van der Waals surface area contributed by atoms with Crippen LogP contribution in [0.1, 0.15) is 13.8 Å². The van der Waals surface area contributed by atoms with Crippen LogP contribution in [-0.4, -0.2) is 46.0 Å². The molecule has 0 bridgehead atoms. The Balaban J connectivity index is 2.20. The van der Waals surface area contributed by atoms with E-state index >= 15 is 0 Å². The van der Waals surface area contributed by atoms with E-state index in [2.05, 4.69) is 34.4 Å². The topological polar surface area (TPSA) is 67.6 Å². The predicted molar refractivity (Wildman–Crippen MR) is 94.9 cm³/mol. The van der Waals surface area contributed by atoms with Crippen molar-refractivity contribution in [2.75, 3.05) is 24.8 Å². The van der Waals surface area contributed by atoms with Gasteiger partial charge in [-0.25, -0.2) is 15.2 Å². The number of hydroxylamine groups is 1. The molecule has 1 unspecified atom stereocenters. The van der Waals surface area contributed by atoms with Crippen LogP contribution >= 0.6 is 11.8 Å². The van der Waals surface area contributed by atoms with Crippen molar-refractivity contribution in [1.82, 2.24) is 20.2 Å². The summed E-state index contributed by atoms with van der Waals surface area (Å²) in [6, 6.07) is 3.83. The summed E-state index contributed by atoms with van der Waals surface area (Å²) in [5.41, 5.74) is 4.63. The first-order valence-electron chi connectivity index (χ1n) is 7.33. The van der Waals surface area contributed by atoms with Crippen molar-refractivity contribution in [2.45, 2.75) is 19.2 Å². The van der Waals surface area contributed by atoms with Gasteiger partial charge in [-0.15, -0.1) is 11.8 Å². The van der Waals surface area contributed by atoms with Crippen molar-refractivity contribution >= 4 is 23.4 Å². The Bertz CT molecular complexity index is 630. The van der Waals surface area contributed by atoms with Crippen molar-refractivity contribution in [3.63, 3.8) is 0 Å². The second-order valence-electron chi connectivity index (χ2n) is 4.73. The lowest BCUT2D eigenvalue weighted by molar-refractivity contribution is 0.143. The van der Waals surface area contributed by atoms with Crippen LogP contribution in [0.25, 0.3) is 5.69 Å². The van der Waals surface area contributed by atoms with Crippen molar-refractivity contribution in [3.8, 4) is 5.69 Å². The van der Waals surface area contributed by atoms with E-state index in [4.69, 9.17) is 4.84 Å². The molecule has 0 amide bonds. The monoisotopic (exact) mass is 334 g/mol. The molecule has 1 N–H and O–H groups in total. The second kappa shape index (κ2) is 8.54. The highest BCUT2D eigenvalue weighted by atomic mass is 32.2. The van der Waals surface area contributed by atoms with Crippen LogP contribution in [0.15, 0.2) is 41.9 Å². The number of rotatable bonds is 6. The van der Waals surface area contributed by atoms with Crippen molar-refractivity contribution in [2.24, 2.45) is 4.99 Å². The summed E-state index contributed by atoms with van der Waals surface area (Å²) in [5.74, 6) is 1.64. The summed E-state index contributed by atoms with van der Waals surface area (Å²) >= 11 is 1.76. The molecule has 7 nitrogen and oxygen atoms in total. The Morgan fingerprint density at radius 2 is 2.35 bits per heavy atom. The average Bonchev–Trinajstić information content (AvgIpc) is 3.05. The molecule has 2 aromatic rings. The third-order valence-electron chi connectivity index (χ3n) is 3.09. The molecule has 0 aliphatic heterocycles. The number of nitrogens with one attached hydrogen (secondary N) is 1. The van der Waals surface area contributed by atoms with E-state index in [9.17, 15) is 0 Å². The molecule has 2 aromatic heterocycles. The van der Waals surface area contributed by atoms with Gasteiger partial charge >= 0.3 is 0 Å². The minimum atomic E-state index is 0.133. The van der Waals surface area contributed by atoms with E-state index in [1.807, 2.05) is 30.3 Å². The minimum Gasteiger partial charge on any atom is -0.311 e. The Kier molecular flexibility index (Phi) is 6.42. The number of aliphatic imine (C=N–C) groups is 1. The highest BCUT2D eigenvalue weighted by molar-refractivity contribution is 7.99. The van der Waals surface area contributed by atoms with Crippen LogP contribution in [0.5, 0.6) is 0 Å². The van der Waals surface area contributed by atoms with Gasteiger partial charge < -0.3 is 4.90 Å². The van der Waals surface area contributed by atoms with E-state index in [1.165, 1.54) is 0 Å². The largest absolute Gasteiger partial charge is 0.311 e. The quantitative estimate of drug-likeness (QED) is 0.497. The summed E-state index contributed by atoms with van der Waals surface area (Å²) in [6.07, 6.45) is 7.19. The number of hydrogen-bond donors (Lipinski definition) is 1. The summed E-state index contributed by atoms with van der Waals surface area (Å²) < 4.78 is 1.77. The molecule has 2 heterocycles. The Labute approximate surface area is 140 Å². The molecule has 8 heteroatoms. The van der Waals surface area contributed by atoms with E-state index in [0.29, 0.717) is 5.96 Å². The lowest BCUT2D eigenvalue weighted by Gasteiger charge is -2.20. The number of anilines is 1. The zero-order chi connectivity index (χ0) is 16.7. The molecule has 2 rings (SSSR count). The molecule has 0 aliphatic rings. The zero-order valence-electron chi connectivity index (χ0n) is 13.8. The van der Waals surface area contributed by atoms with Crippen molar-refractivity contribution in [1.29, 1.82) is 0 Å². The first kappa shape index (κ1) is 17.3. The van der Waals surface area contributed by atoms with Gasteiger partial charge in [0.15, 0.2) is 0 Å². The fraction of sp³-hybridized carbons (Fsp3) is 0.400. The van der Waals surface area contributed by atoms with Crippen LogP contribution in [0, 0.1) is 0 Å². The third-order valence-corrected chi connectivity index (χ3v) is 4.01. The molecule has 0 saturated carbocycles. The zero-order valence-corrected chi connectivity index (χ0v) is 14.6. The normalized spacial score (nSPS) is 13.0. The fourth-order valence-electron chi connectivity index (χ4n) is 1.96. The molecule has 23 heavy (non-hydrogen) atoms. The highest BCUT2D eigenvalue weighted by Gasteiger charge is 2.13. The van der Waals surface area contributed by atoms with E-state index in [-0.39, 0.29) is 5.37 Å². The maximum Gasteiger partial charge on any atom is 0.223 e. The number of pyridine rings is 1. The number of guanidine groups is 1. The van der Waals surface area contributed by atoms with Crippen molar-refractivity contribution in [3.05, 3.63) is 36.9 Å². The molecule has 0 fully saturated rings. The highest BCUT2D eigenvalue weighted by Crippen LogP contribution is 2.16. The van der Waals surface area contributed by atoms with Gasteiger partial charge in [0, 0.05) is 13.2 Å². The fourth-order valence-corrected chi connectivity index (χ4v) is 2.62. The van der Waals surface area contributed by atoms with E-state index in [1.54, 1.807) is 42.1 Å². The van der Waals surface area contributed by atoms with Crippen LogP contribution in [0.3, 0.4) is 0 Å². The summed E-state index contributed by atoms with van der Waals surface area (Å²) in [6.45, 7) is 4.17. The molecule has 0 spiro atoms. The summed E-state index contributed by atoms with van der Waals surface area (Å²) in [4.78, 5) is 15.7. The summed E-state index contributed by atoms with van der Waals surface area (Å²) in [7, 11) is 3.48. The van der Waals surface area contributed by atoms with Gasteiger partial charge in [0.1, 0.15) is 0 Å². The van der Waals surface area contributed by atoms with Crippen LogP contribution in [0.2, 0.25) is 0 Å². The molecule has 0 saturated heterocycles. The van der Waals surface area contributed by atoms with Crippen LogP contribution < -0.4 is 10.4 Å².